The summed E-state index contributed by atoms with van der Waals surface area (Å²) in [5.41, 5.74) is -2.09. The zero-order valence-electron chi connectivity index (χ0n) is 12.7. The van der Waals surface area contributed by atoms with Crippen LogP contribution in [0.25, 0.3) is 0 Å². The van der Waals surface area contributed by atoms with Crippen LogP contribution in [0.2, 0.25) is 0 Å². The molecule has 24 heavy (non-hydrogen) atoms. The third-order valence-electron chi connectivity index (χ3n) is 4.03. The third kappa shape index (κ3) is 3.07. The normalized spacial score (nSPS) is 16.1. The van der Waals surface area contributed by atoms with Crippen LogP contribution < -0.4 is 10.1 Å². The highest BCUT2D eigenvalue weighted by Gasteiger charge is 2.61. The zero-order valence-corrected chi connectivity index (χ0v) is 12.7. The molecule has 0 atom stereocenters. The standard InChI is InChI=1S/C17H16F2N2O3/c18-17(19,16(23)7-2-8-16)15(22)21-12-3-1-4-14(11-12)24-13-5-9-20-10-6-13/h1,3-6,9-11,23H,2,7-8H2,(H,21,22). The molecule has 0 unspecified atom stereocenters. The Hall–Kier alpha value is -2.54. The Labute approximate surface area is 137 Å². The second-order valence-electron chi connectivity index (χ2n) is 5.73. The molecular formula is C17H16F2N2O3. The van der Waals surface area contributed by atoms with Gasteiger partial charge in [0, 0.05) is 24.1 Å². The van der Waals surface area contributed by atoms with Crippen molar-refractivity contribution >= 4 is 11.6 Å². The van der Waals surface area contributed by atoms with E-state index < -0.39 is 17.4 Å². The van der Waals surface area contributed by atoms with Crippen molar-refractivity contribution in [2.24, 2.45) is 0 Å². The maximum absolute atomic E-state index is 14.1. The monoisotopic (exact) mass is 334 g/mol. The minimum Gasteiger partial charge on any atom is -0.457 e. The zero-order chi connectivity index (χ0) is 17.2. The fraction of sp³-hybridized carbons (Fsp3) is 0.294. The number of anilines is 1. The molecular weight excluding hydrogens is 318 g/mol. The van der Waals surface area contributed by atoms with Crippen LogP contribution in [0, 0.1) is 0 Å². The van der Waals surface area contributed by atoms with Crippen molar-refractivity contribution in [3.05, 3.63) is 48.8 Å². The molecule has 1 heterocycles. The highest BCUT2D eigenvalue weighted by Crippen LogP contribution is 2.44. The van der Waals surface area contributed by atoms with Gasteiger partial charge >= 0.3 is 5.92 Å². The maximum Gasteiger partial charge on any atom is 0.352 e. The van der Waals surface area contributed by atoms with Crippen molar-refractivity contribution in [1.82, 2.24) is 4.98 Å². The number of ether oxygens (including phenoxy) is 1. The number of pyridine rings is 1. The van der Waals surface area contributed by atoms with Gasteiger partial charge in [0.2, 0.25) is 0 Å². The number of aliphatic hydroxyl groups is 1. The summed E-state index contributed by atoms with van der Waals surface area (Å²) in [5, 5.41) is 11.9. The van der Waals surface area contributed by atoms with Gasteiger partial charge in [-0.15, -0.1) is 0 Å². The van der Waals surface area contributed by atoms with E-state index in [1.807, 2.05) is 0 Å². The van der Waals surface area contributed by atoms with Crippen molar-refractivity contribution in [2.75, 3.05) is 5.32 Å². The molecule has 2 N–H and O–H groups in total. The largest absolute Gasteiger partial charge is 0.457 e. The van der Waals surface area contributed by atoms with E-state index in [1.165, 1.54) is 12.1 Å². The number of aromatic nitrogens is 1. The first-order chi connectivity index (χ1) is 11.4. The summed E-state index contributed by atoms with van der Waals surface area (Å²) < 4.78 is 33.7. The van der Waals surface area contributed by atoms with Gasteiger partial charge in [-0.1, -0.05) is 6.07 Å². The van der Waals surface area contributed by atoms with E-state index in [0.29, 0.717) is 17.9 Å². The fourth-order valence-corrected chi connectivity index (χ4v) is 2.43. The van der Waals surface area contributed by atoms with E-state index in [4.69, 9.17) is 4.74 Å². The Bertz CT molecular complexity index is 734. The van der Waals surface area contributed by atoms with Gasteiger partial charge < -0.3 is 15.2 Å². The summed E-state index contributed by atoms with van der Waals surface area (Å²) in [4.78, 5) is 15.7. The number of amides is 1. The average molecular weight is 334 g/mol. The number of alkyl halides is 2. The van der Waals surface area contributed by atoms with Gasteiger partial charge in [-0.25, -0.2) is 0 Å². The van der Waals surface area contributed by atoms with Crippen LogP contribution in [0.5, 0.6) is 11.5 Å². The molecule has 3 rings (SSSR count). The predicted molar refractivity (Wildman–Crippen MR) is 83.1 cm³/mol. The molecule has 0 spiro atoms. The van der Waals surface area contributed by atoms with E-state index in [0.717, 1.165) is 0 Å². The van der Waals surface area contributed by atoms with Crippen LogP contribution in [0.3, 0.4) is 0 Å². The molecule has 1 aliphatic carbocycles. The average Bonchev–Trinajstić information content (AvgIpc) is 2.53. The number of carbonyl (C=O) groups excluding carboxylic acids is 1. The van der Waals surface area contributed by atoms with E-state index >= 15 is 0 Å². The van der Waals surface area contributed by atoms with Gasteiger partial charge in [-0.3, -0.25) is 9.78 Å². The number of halogens is 2. The third-order valence-corrected chi connectivity index (χ3v) is 4.03. The molecule has 0 radical (unpaired) electrons. The van der Waals surface area contributed by atoms with E-state index in [2.05, 4.69) is 10.3 Å². The minimum absolute atomic E-state index is 0.0847. The number of hydrogen-bond acceptors (Lipinski definition) is 4. The van der Waals surface area contributed by atoms with Crippen molar-refractivity contribution in [2.45, 2.75) is 30.8 Å². The Morgan fingerprint density at radius 3 is 2.54 bits per heavy atom. The number of hydrogen-bond donors (Lipinski definition) is 2. The van der Waals surface area contributed by atoms with Crippen molar-refractivity contribution in [1.29, 1.82) is 0 Å². The number of carbonyl (C=O) groups is 1. The Morgan fingerprint density at radius 2 is 1.92 bits per heavy atom. The van der Waals surface area contributed by atoms with Crippen molar-refractivity contribution in [3.63, 3.8) is 0 Å². The molecule has 0 saturated heterocycles. The van der Waals surface area contributed by atoms with Gasteiger partial charge in [0.25, 0.3) is 5.91 Å². The molecule has 1 aliphatic rings. The Morgan fingerprint density at radius 1 is 1.21 bits per heavy atom. The second-order valence-corrected chi connectivity index (χ2v) is 5.73. The SMILES string of the molecule is O=C(Nc1cccc(Oc2ccncc2)c1)C(F)(F)C1(O)CCC1. The molecule has 1 aromatic carbocycles. The molecule has 0 aliphatic heterocycles. The molecule has 1 fully saturated rings. The second kappa shape index (κ2) is 6.16. The Kier molecular flexibility index (Phi) is 4.19. The molecule has 5 nitrogen and oxygen atoms in total. The van der Waals surface area contributed by atoms with Gasteiger partial charge in [-0.2, -0.15) is 8.78 Å². The summed E-state index contributed by atoms with van der Waals surface area (Å²) in [7, 11) is 0. The van der Waals surface area contributed by atoms with E-state index in [9.17, 15) is 18.7 Å². The first-order valence-corrected chi connectivity index (χ1v) is 7.50. The highest BCUT2D eigenvalue weighted by atomic mass is 19.3. The molecule has 1 amide bonds. The lowest BCUT2D eigenvalue weighted by Gasteiger charge is -2.41. The van der Waals surface area contributed by atoms with Crippen LogP contribution in [0.4, 0.5) is 14.5 Å². The van der Waals surface area contributed by atoms with Crippen LogP contribution in [-0.4, -0.2) is 27.5 Å². The fourth-order valence-electron chi connectivity index (χ4n) is 2.43. The number of nitrogens with zero attached hydrogens (tertiary/aromatic N) is 1. The van der Waals surface area contributed by atoms with Gasteiger partial charge in [-0.05, 0) is 43.5 Å². The van der Waals surface area contributed by atoms with E-state index in [-0.39, 0.29) is 18.5 Å². The van der Waals surface area contributed by atoms with Gasteiger partial charge in [0.1, 0.15) is 17.1 Å². The Balaban J connectivity index is 1.71. The number of rotatable bonds is 5. The van der Waals surface area contributed by atoms with Gasteiger partial charge in [0.15, 0.2) is 0 Å². The maximum atomic E-state index is 14.1. The summed E-state index contributed by atoms with van der Waals surface area (Å²) in [5.74, 6) is -4.45. The van der Waals surface area contributed by atoms with Gasteiger partial charge in [0.05, 0.1) is 0 Å². The summed E-state index contributed by atoms with van der Waals surface area (Å²) in [6, 6.07) is 9.39. The molecule has 1 saturated carbocycles. The van der Waals surface area contributed by atoms with Crippen molar-refractivity contribution in [3.8, 4) is 11.5 Å². The summed E-state index contributed by atoms with van der Waals surface area (Å²) >= 11 is 0. The van der Waals surface area contributed by atoms with Crippen LogP contribution in [0.15, 0.2) is 48.8 Å². The number of benzene rings is 1. The number of nitrogens with one attached hydrogen (secondary N) is 1. The lowest BCUT2D eigenvalue weighted by Crippen LogP contribution is -2.59. The summed E-state index contributed by atoms with van der Waals surface area (Å²) in [6.45, 7) is 0. The predicted octanol–water partition coefficient (Wildman–Crippen LogP) is 3.36. The molecule has 7 heteroatoms. The first-order valence-electron chi connectivity index (χ1n) is 7.50. The van der Waals surface area contributed by atoms with Crippen LogP contribution >= 0.6 is 0 Å². The van der Waals surface area contributed by atoms with Crippen LogP contribution in [0.1, 0.15) is 19.3 Å². The van der Waals surface area contributed by atoms with E-state index in [1.54, 1.807) is 36.7 Å². The smallest absolute Gasteiger partial charge is 0.352 e. The summed E-state index contributed by atoms with van der Waals surface area (Å²) in [6.07, 6.45) is 3.42. The molecule has 0 bridgehead atoms. The lowest BCUT2D eigenvalue weighted by molar-refractivity contribution is -0.212. The van der Waals surface area contributed by atoms with Crippen LogP contribution in [-0.2, 0) is 4.79 Å². The quantitative estimate of drug-likeness (QED) is 0.879. The highest BCUT2D eigenvalue weighted by molar-refractivity contribution is 5.97. The van der Waals surface area contributed by atoms with Crippen molar-refractivity contribution < 1.29 is 23.4 Å². The lowest BCUT2D eigenvalue weighted by atomic mass is 9.75. The topological polar surface area (TPSA) is 71.5 Å². The molecule has 126 valence electrons. The molecule has 1 aromatic heterocycles. The minimum atomic E-state index is -3.84. The first kappa shape index (κ1) is 16.3. The molecule has 2 aromatic rings.